The third-order valence-corrected chi connectivity index (χ3v) is 8.93. The predicted octanol–water partition coefficient (Wildman–Crippen LogP) is 11.7. The van der Waals surface area contributed by atoms with Crippen LogP contribution in [-0.2, 0) is 0 Å². The molecule has 0 saturated heterocycles. The first-order valence-electron chi connectivity index (χ1n) is 14.9. The summed E-state index contributed by atoms with van der Waals surface area (Å²) in [6.45, 7) is 15.9. The molecular weight excluding hydrogens is 504 g/mol. The van der Waals surface area contributed by atoms with Crippen LogP contribution in [-0.4, -0.2) is 0 Å². The largest absolute Gasteiger partial charge is 0.0911 e. The molecule has 42 heavy (non-hydrogen) atoms. The van der Waals surface area contributed by atoms with Gasteiger partial charge in [-0.25, -0.2) is 0 Å². The van der Waals surface area contributed by atoms with Gasteiger partial charge in [-0.1, -0.05) is 117 Å². The number of benzene rings is 5. The fraction of sp³-hybridized carbons (Fsp3) is 0.143. The SMILES string of the molecule is C=C(/C=C(/C(C)=C/c1ccccc1C)c1ccccc1C)c1cc(C2=C(C)c3ccccc3C2C)c2ccccc2c1. The minimum Gasteiger partial charge on any atom is -0.0911 e. The zero-order valence-electron chi connectivity index (χ0n) is 25.3. The van der Waals surface area contributed by atoms with E-state index in [1.54, 1.807) is 0 Å². The minimum absolute atomic E-state index is 0.338. The van der Waals surface area contributed by atoms with Gasteiger partial charge in [0.2, 0.25) is 0 Å². The summed E-state index contributed by atoms with van der Waals surface area (Å²) >= 11 is 0. The summed E-state index contributed by atoms with van der Waals surface area (Å²) in [5.41, 5.74) is 16.5. The minimum atomic E-state index is 0.338. The van der Waals surface area contributed by atoms with Crippen LogP contribution in [0.5, 0.6) is 0 Å². The highest BCUT2D eigenvalue weighted by atomic mass is 14.3. The summed E-state index contributed by atoms with van der Waals surface area (Å²) in [5, 5.41) is 2.54. The zero-order valence-corrected chi connectivity index (χ0v) is 25.3. The average molecular weight is 543 g/mol. The summed E-state index contributed by atoms with van der Waals surface area (Å²) < 4.78 is 0. The number of allylic oxidation sites excluding steroid dienone is 6. The smallest absolute Gasteiger partial charge is 0.00760 e. The number of rotatable bonds is 6. The first-order chi connectivity index (χ1) is 20.3. The standard InChI is InChI=1S/C42H38/c1-27-15-7-9-17-33(27)23-30(4)40(36-19-11-8-16-28(36)2)24-29(3)35-25-34-18-10-12-22-39(34)41(26-35)42-31(5)37-20-13-14-21-38(37)32(42)6/h7-26,31H,3H2,1-2,4-6H3/b30-23+,40-24-. The number of fused-ring (bicyclic) bond motifs is 2. The molecule has 0 radical (unpaired) electrons. The van der Waals surface area contributed by atoms with Crippen molar-refractivity contribution < 1.29 is 0 Å². The van der Waals surface area contributed by atoms with E-state index in [4.69, 9.17) is 0 Å². The van der Waals surface area contributed by atoms with Gasteiger partial charge in [0.05, 0.1) is 0 Å². The van der Waals surface area contributed by atoms with Crippen molar-refractivity contribution in [2.45, 2.75) is 40.5 Å². The highest BCUT2D eigenvalue weighted by Gasteiger charge is 2.27. The van der Waals surface area contributed by atoms with E-state index < -0.39 is 0 Å². The Bertz CT molecular complexity index is 1940. The van der Waals surface area contributed by atoms with Gasteiger partial charge in [-0.3, -0.25) is 0 Å². The molecule has 0 nitrogen and oxygen atoms in total. The molecular formula is C42H38. The van der Waals surface area contributed by atoms with Gasteiger partial charge in [0.15, 0.2) is 0 Å². The summed E-state index contributed by atoms with van der Waals surface area (Å²) in [6.07, 6.45) is 4.59. The molecule has 5 aromatic carbocycles. The molecule has 0 spiro atoms. The molecule has 0 bridgehead atoms. The molecule has 5 aromatic rings. The second-order valence-corrected chi connectivity index (χ2v) is 11.7. The van der Waals surface area contributed by atoms with Gasteiger partial charge in [0, 0.05) is 5.92 Å². The molecule has 0 heterocycles. The van der Waals surface area contributed by atoms with Crippen LogP contribution < -0.4 is 0 Å². The van der Waals surface area contributed by atoms with E-state index in [1.807, 2.05) is 0 Å². The Balaban J connectivity index is 1.51. The Kier molecular flexibility index (Phi) is 7.40. The summed E-state index contributed by atoms with van der Waals surface area (Å²) in [4.78, 5) is 0. The van der Waals surface area contributed by atoms with Crippen molar-refractivity contribution in [3.05, 3.63) is 172 Å². The van der Waals surface area contributed by atoms with Crippen molar-refractivity contribution >= 4 is 39.1 Å². The first-order valence-corrected chi connectivity index (χ1v) is 14.9. The molecule has 0 heteroatoms. The fourth-order valence-corrected chi connectivity index (χ4v) is 6.59. The zero-order chi connectivity index (χ0) is 29.4. The van der Waals surface area contributed by atoms with Crippen LogP contribution in [0.15, 0.2) is 127 Å². The van der Waals surface area contributed by atoms with E-state index >= 15 is 0 Å². The second-order valence-electron chi connectivity index (χ2n) is 11.7. The molecule has 0 aliphatic heterocycles. The molecule has 1 aliphatic rings. The van der Waals surface area contributed by atoms with Gasteiger partial charge in [-0.05, 0) is 129 Å². The van der Waals surface area contributed by atoms with Crippen molar-refractivity contribution in [2.24, 2.45) is 0 Å². The number of hydrogen-bond donors (Lipinski definition) is 0. The van der Waals surface area contributed by atoms with Crippen molar-refractivity contribution in [1.82, 2.24) is 0 Å². The van der Waals surface area contributed by atoms with Crippen LogP contribution in [0.4, 0.5) is 0 Å². The summed E-state index contributed by atoms with van der Waals surface area (Å²) in [6, 6.07) is 39.5. The monoisotopic (exact) mass is 542 g/mol. The van der Waals surface area contributed by atoms with Gasteiger partial charge in [-0.15, -0.1) is 0 Å². The van der Waals surface area contributed by atoms with Crippen LogP contribution >= 0.6 is 0 Å². The maximum Gasteiger partial charge on any atom is 0.00760 e. The van der Waals surface area contributed by atoms with E-state index in [2.05, 4.69) is 163 Å². The molecule has 0 N–H and O–H groups in total. The fourth-order valence-electron chi connectivity index (χ4n) is 6.59. The quantitative estimate of drug-likeness (QED) is 0.187. The lowest BCUT2D eigenvalue weighted by Gasteiger charge is -2.18. The Hall–Kier alpha value is -4.68. The highest BCUT2D eigenvalue weighted by molar-refractivity contribution is 6.07. The molecule has 6 rings (SSSR count). The molecule has 0 aromatic heterocycles. The first kappa shape index (κ1) is 27.5. The van der Waals surface area contributed by atoms with E-state index in [0.29, 0.717) is 5.92 Å². The van der Waals surface area contributed by atoms with Crippen LogP contribution in [0.25, 0.3) is 39.1 Å². The normalized spacial score (nSPS) is 15.3. The van der Waals surface area contributed by atoms with Gasteiger partial charge < -0.3 is 0 Å². The van der Waals surface area contributed by atoms with Crippen molar-refractivity contribution in [3.63, 3.8) is 0 Å². The van der Waals surface area contributed by atoms with Crippen LogP contribution in [0.1, 0.15) is 71.2 Å². The maximum atomic E-state index is 4.66. The van der Waals surface area contributed by atoms with Gasteiger partial charge in [-0.2, -0.15) is 0 Å². The summed E-state index contributed by atoms with van der Waals surface area (Å²) in [7, 11) is 0. The third kappa shape index (κ3) is 4.99. The predicted molar refractivity (Wildman–Crippen MR) is 184 cm³/mol. The second kappa shape index (κ2) is 11.3. The van der Waals surface area contributed by atoms with Crippen LogP contribution in [0, 0.1) is 13.8 Å². The van der Waals surface area contributed by atoms with E-state index in [0.717, 1.165) is 11.1 Å². The van der Waals surface area contributed by atoms with E-state index in [-0.39, 0.29) is 0 Å². The van der Waals surface area contributed by atoms with Crippen molar-refractivity contribution in [3.8, 4) is 0 Å². The Morgan fingerprint density at radius 2 is 1.38 bits per heavy atom. The Morgan fingerprint density at radius 1 is 0.714 bits per heavy atom. The average Bonchev–Trinajstić information content (AvgIpc) is 3.26. The molecule has 0 saturated carbocycles. The molecule has 206 valence electrons. The third-order valence-electron chi connectivity index (χ3n) is 8.93. The van der Waals surface area contributed by atoms with Gasteiger partial charge in [0.1, 0.15) is 0 Å². The molecule has 0 amide bonds. The highest BCUT2D eigenvalue weighted by Crippen LogP contribution is 2.48. The summed E-state index contributed by atoms with van der Waals surface area (Å²) in [5.74, 6) is 0.338. The van der Waals surface area contributed by atoms with E-state index in [1.165, 1.54) is 72.0 Å². The number of aryl methyl sites for hydroxylation is 2. The van der Waals surface area contributed by atoms with Crippen molar-refractivity contribution in [2.75, 3.05) is 0 Å². The lowest BCUT2D eigenvalue weighted by molar-refractivity contribution is 1.01. The molecule has 1 atom stereocenters. The maximum absolute atomic E-state index is 4.66. The lowest BCUT2D eigenvalue weighted by Crippen LogP contribution is -1.97. The van der Waals surface area contributed by atoms with Gasteiger partial charge >= 0.3 is 0 Å². The molecule has 0 fully saturated rings. The van der Waals surface area contributed by atoms with Crippen LogP contribution in [0.3, 0.4) is 0 Å². The van der Waals surface area contributed by atoms with Crippen molar-refractivity contribution in [1.29, 1.82) is 0 Å². The Morgan fingerprint density at radius 3 is 2.14 bits per heavy atom. The topological polar surface area (TPSA) is 0 Å². The number of hydrogen-bond acceptors (Lipinski definition) is 0. The molecule has 1 aliphatic carbocycles. The Labute approximate surface area is 251 Å². The molecule has 1 unspecified atom stereocenters. The van der Waals surface area contributed by atoms with E-state index in [9.17, 15) is 0 Å². The van der Waals surface area contributed by atoms with Crippen LogP contribution in [0.2, 0.25) is 0 Å². The van der Waals surface area contributed by atoms with Gasteiger partial charge in [0.25, 0.3) is 0 Å². The lowest BCUT2D eigenvalue weighted by atomic mass is 9.86.